The lowest BCUT2D eigenvalue weighted by Gasteiger charge is -2.07. The van der Waals surface area contributed by atoms with Gasteiger partial charge in [0.25, 0.3) is 0 Å². The summed E-state index contributed by atoms with van der Waals surface area (Å²) in [6.45, 7) is 0.614. The summed E-state index contributed by atoms with van der Waals surface area (Å²) >= 11 is 6.20. The molecule has 5 heteroatoms. The van der Waals surface area contributed by atoms with Gasteiger partial charge in [-0.2, -0.15) is 0 Å². The van der Waals surface area contributed by atoms with Crippen molar-refractivity contribution in [2.75, 3.05) is 6.54 Å². The summed E-state index contributed by atoms with van der Waals surface area (Å²) in [4.78, 5) is 3.29. The van der Waals surface area contributed by atoms with Crippen molar-refractivity contribution in [2.45, 2.75) is 19.3 Å². The minimum atomic E-state index is -0.384. The van der Waals surface area contributed by atoms with Crippen molar-refractivity contribution in [2.24, 2.45) is 5.73 Å². The average molecular weight is 335 g/mol. The van der Waals surface area contributed by atoms with Crippen molar-refractivity contribution in [3.63, 3.8) is 0 Å². The van der Waals surface area contributed by atoms with Crippen molar-refractivity contribution in [3.8, 4) is 11.3 Å². The van der Waals surface area contributed by atoms with Crippen molar-refractivity contribution in [1.82, 2.24) is 4.98 Å². The highest BCUT2D eigenvalue weighted by Crippen LogP contribution is 2.35. The Kier molecular flexibility index (Phi) is 4.64. The zero-order valence-corrected chi connectivity index (χ0v) is 13.3. The van der Waals surface area contributed by atoms with Gasteiger partial charge in [-0.3, -0.25) is 0 Å². The summed E-state index contributed by atoms with van der Waals surface area (Å²) in [5.41, 5.74) is 8.92. The highest BCUT2D eigenvalue weighted by Gasteiger charge is 2.16. The van der Waals surface area contributed by atoms with E-state index in [2.05, 4.69) is 4.98 Å². The molecule has 0 bridgehead atoms. The van der Waals surface area contributed by atoms with Crippen LogP contribution < -0.4 is 5.73 Å². The van der Waals surface area contributed by atoms with Crippen LogP contribution in [0.4, 0.5) is 8.78 Å². The van der Waals surface area contributed by atoms with E-state index in [0.29, 0.717) is 17.1 Å². The number of aromatic nitrogens is 1. The molecule has 1 aromatic heterocycles. The molecule has 0 amide bonds. The smallest absolute Gasteiger partial charge is 0.124 e. The maximum absolute atomic E-state index is 13.6. The zero-order valence-electron chi connectivity index (χ0n) is 12.5. The molecule has 0 saturated heterocycles. The first-order valence-corrected chi connectivity index (χ1v) is 7.93. The normalized spacial score (nSPS) is 11.3. The predicted molar refractivity (Wildman–Crippen MR) is 90.7 cm³/mol. The molecule has 0 atom stereocenters. The second kappa shape index (κ2) is 6.69. The van der Waals surface area contributed by atoms with Crippen LogP contribution in [0.2, 0.25) is 5.02 Å². The van der Waals surface area contributed by atoms with E-state index >= 15 is 0 Å². The number of nitrogens with one attached hydrogen (secondary N) is 1. The molecule has 0 aliphatic carbocycles. The maximum atomic E-state index is 13.6. The Bertz CT molecular complexity index is 842. The fourth-order valence-corrected chi connectivity index (χ4v) is 3.11. The van der Waals surface area contributed by atoms with Crippen LogP contribution in [0.5, 0.6) is 0 Å². The lowest BCUT2D eigenvalue weighted by molar-refractivity contribution is 0.628. The summed E-state index contributed by atoms with van der Waals surface area (Å²) in [5.74, 6) is -0.668. The highest BCUT2D eigenvalue weighted by molar-refractivity contribution is 6.33. The Hall–Kier alpha value is -1.91. The Morgan fingerprint density at radius 2 is 1.74 bits per heavy atom. The number of rotatable bonds is 5. The van der Waals surface area contributed by atoms with E-state index in [4.69, 9.17) is 17.3 Å². The molecule has 0 unspecified atom stereocenters. The number of halogens is 3. The number of unbranched alkanes of at least 4 members (excludes halogenated alkanes) is 1. The molecule has 0 saturated carbocycles. The van der Waals surface area contributed by atoms with E-state index in [-0.39, 0.29) is 11.6 Å². The molecule has 0 radical (unpaired) electrons. The third-order valence-corrected chi connectivity index (χ3v) is 4.26. The topological polar surface area (TPSA) is 41.8 Å². The quantitative estimate of drug-likeness (QED) is 0.630. The second-order valence-electron chi connectivity index (χ2n) is 5.54. The molecule has 1 heterocycles. The molecule has 3 rings (SSSR count). The van der Waals surface area contributed by atoms with Crippen LogP contribution in [0.3, 0.4) is 0 Å². The predicted octanol–water partition coefficient (Wildman–Crippen LogP) is 5.05. The largest absolute Gasteiger partial charge is 0.354 e. The molecule has 0 fully saturated rings. The monoisotopic (exact) mass is 334 g/mol. The van der Waals surface area contributed by atoms with Crippen LogP contribution >= 0.6 is 11.6 Å². The van der Waals surface area contributed by atoms with E-state index in [0.717, 1.165) is 41.4 Å². The first-order chi connectivity index (χ1) is 11.1. The lowest BCUT2D eigenvalue weighted by Crippen LogP contribution is -1.99. The first-order valence-electron chi connectivity index (χ1n) is 7.55. The summed E-state index contributed by atoms with van der Waals surface area (Å²) < 4.78 is 27.0. The number of H-pyrrole nitrogens is 1. The van der Waals surface area contributed by atoms with Gasteiger partial charge in [0, 0.05) is 16.5 Å². The van der Waals surface area contributed by atoms with Crippen molar-refractivity contribution < 1.29 is 8.78 Å². The molecule has 2 aromatic carbocycles. The van der Waals surface area contributed by atoms with E-state index in [1.54, 1.807) is 12.1 Å². The Morgan fingerprint density at radius 1 is 1.00 bits per heavy atom. The van der Waals surface area contributed by atoms with Gasteiger partial charge in [-0.05, 0) is 67.8 Å². The van der Waals surface area contributed by atoms with Gasteiger partial charge in [-0.1, -0.05) is 11.6 Å². The minimum Gasteiger partial charge on any atom is -0.354 e. The van der Waals surface area contributed by atoms with Gasteiger partial charge in [0.1, 0.15) is 11.6 Å². The number of fused-ring (bicyclic) bond motifs is 1. The minimum absolute atomic E-state index is 0.284. The van der Waals surface area contributed by atoms with Crippen molar-refractivity contribution >= 4 is 22.5 Å². The molecule has 3 aromatic rings. The van der Waals surface area contributed by atoms with Gasteiger partial charge in [0.05, 0.1) is 10.7 Å². The number of aromatic amines is 1. The fraction of sp³-hybridized carbons (Fsp3) is 0.222. The third kappa shape index (κ3) is 3.23. The van der Waals surface area contributed by atoms with E-state index in [1.807, 2.05) is 0 Å². The standard InChI is InChI=1S/C18H17ClF2N2/c19-16-10-12(21)4-6-14(16)18-13(3-1-2-8-22)15-9-11(20)5-7-17(15)23-18/h4-7,9-10,23H,1-3,8,22H2. The molecule has 120 valence electrons. The average Bonchev–Trinajstić information content (AvgIpc) is 2.85. The lowest BCUT2D eigenvalue weighted by atomic mass is 10.00. The summed E-state index contributed by atoms with van der Waals surface area (Å²) in [6.07, 6.45) is 2.54. The van der Waals surface area contributed by atoms with E-state index in [9.17, 15) is 8.78 Å². The number of nitrogens with two attached hydrogens (primary N) is 1. The molecule has 23 heavy (non-hydrogen) atoms. The number of hydrogen-bond acceptors (Lipinski definition) is 1. The summed E-state index contributed by atoms with van der Waals surface area (Å²) in [5, 5.41) is 1.16. The van der Waals surface area contributed by atoms with Gasteiger partial charge in [0.15, 0.2) is 0 Å². The SMILES string of the molecule is NCCCCc1c(-c2ccc(F)cc2Cl)[nH]c2ccc(F)cc12. The third-order valence-electron chi connectivity index (χ3n) is 3.95. The van der Waals surface area contributed by atoms with Crippen LogP contribution in [0.1, 0.15) is 18.4 Å². The van der Waals surface area contributed by atoms with Crippen LogP contribution in [0, 0.1) is 11.6 Å². The maximum Gasteiger partial charge on any atom is 0.124 e. The molecule has 3 N–H and O–H groups in total. The van der Waals surface area contributed by atoms with Crippen LogP contribution in [0.25, 0.3) is 22.2 Å². The highest BCUT2D eigenvalue weighted by atomic mass is 35.5. The molecule has 0 aliphatic heterocycles. The first kappa shape index (κ1) is 16.0. The summed E-state index contributed by atoms with van der Waals surface area (Å²) in [6, 6.07) is 8.94. The van der Waals surface area contributed by atoms with Gasteiger partial charge in [-0.25, -0.2) is 8.78 Å². The van der Waals surface area contributed by atoms with Crippen LogP contribution in [0.15, 0.2) is 36.4 Å². The van der Waals surface area contributed by atoms with Gasteiger partial charge >= 0.3 is 0 Å². The molecule has 0 aliphatic rings. The molecule has 0 spiro atoms. The molecular weight excluding hydrogens is 318 g/mol. The Morgan fingerprint density at radius 3 is 2.48 bits per heavy atom. The van der Waals surface area contributed by atoms with Gasteiger partial charge in [-0.15, -0.1) is 0 Å². The van der Waals surface area contributed by atoms with Crippen LogP contribution in [-0.2, 0) is 6.42 Å². The fourth-order valence-electron chi connectivity index (χ4n) is 2.85. The van der Waals surface area contributed by atoms with E-state index < -0.39 is 0 Å². The van der Waals surface area contributed by atoms with Crippen molar-refractivity contribution in [1.29, 1.82) is 0 Å². The zero-order chi connectivity index (χ0) is 16.4. The second-order valence-corrected chi connectivity index (χ2v) is 5.95. The number of benzene rings is 2. The number of aryl methyl sites for hydroxylation is 1. The molecule has 2 nitrogen and oxygen atoms in total. The van der Waals surface area contributed by atoms with E-state index in [1.165, 1.54) is 24.3 Å². The van der Waals surface area contributed by atoms with Crippen molar-refractivity contribution in [3.05, 3.63) is 58.6 Å². The van der Waals surface area contributed by atoms with Crippen LogP contribution in [-0.4, -0.2) is 11.5 Å². The summed E-state index contributed by atoms with van der Waals surface area (Å²) in [7, 11) is 0. The van der Waals surface area contributed by atoms with Gasteiger partial charge < -0.3 is 10.7 Å². The Balaban J connectivity index is 2.16. The molecular formula is C18H17ClF2N2. The Labute approximate surface area is 138 Å². The van der Waals surface area contributed by atoms with Gasteiger partial charge in [0.2, 0.25) is 0 Å². The number of hydrogen-bond donors (Lipinski definition) is 2.